The van der Waals surface area contributed by atoms with E-state index in [1.807, 2.05) is 0 Å². The van der Waals surface area contributed by atoms with Crippen molar-refractivity contribution in [2.45, 2.75) is 31.0 Å². The van der Waals surface area contributed by atoms with Crippen molar-refractivity contribution in [2.75, 3.05) is 33.2 Å². The van der Waals surface area contributed by atoms with Gasteiger partial charge in [0.15, 0.2) is 0 Å². The first-order valence-electron chi connectivity index (χ1n) is 9.66. The lowest BCUT2D eigenvalue weighted by molar-refractivity contribution is 0.135. The minimum absolute atomic E-state index is 0.597. The molecule has 2 saturated heterocycles. The third kappa shape index (κ3) is 2.71. The van der Waals surface area contributed by atoms with Gasteiger partial charge in [0, 0.05) is 44.3 Å². The van der Waals surface area contributed by atoms with Crippen LogP contribution >= 0.6 is 0 Å². The van der Waals surface area contributed by atoms with Crippen molar-refractivity contribution in [1.29, 1.82) is 0 Å². The SMILES string of the molecule is CN1C2C=C(c3ccc4ccccc4c3)CC1C(N1CCNCC1)C2. The Kier molecular flexibility index (Phi) is 3.89. The molecule has 0 aliphatic carbocycles. The molecule has 3 heterocycles. The van der Waals surface area contributed by atoms with Crippen molar-refractivity contribution in [3.8, 4) is 0 Å². The van der Waals surface area contributed by atoms with E-state index in [-0.39, 0.29) is 0 Å². The number of fused-ring (bicyclic) bond motifs is 3. The van der Waals surface area contributed by atoms with Crippen LogP contribution in [0, 0.1) is 0 Å². The Labute approximate surface area is 150 Å². The van der Waals surface area contributed by atoms with Gasteiger partial charge >= 0.3 is 0 Å². The summed E-state index contributed by atoms with van der Waals surface area (Å²) in [4.78, 5) is 5.35. The van der Waals surface area contributed by atoms with Crippen LogP contribution in [0.25, 0.3) is 16.3 Å². The number of benzene rings is 2. The monoisotopic (exact) mass is 333 g/mol. The Morgan fingerprint density at radius 2 is 1.76 bits per heavy atom. The Morgan fingerprint density at radius 3 is 2.60 bits per heavy atom. The van der Waals surface area contributed by atoms with Crippen molar-refractivity contribution >= 4 is 16.3 Å². The topological polar surface area (TPSA) is 18.5 Å². The predicted octanol–water partition coefficient (Wildman–Crippen LogP) is 2.97. The Bertz CT molecular complexity index is 806. The molecule has 2 aromatic carbocycles. The maximum absolute atomic E-state index is 3.49. The maximum atomic E-state index is 3.49. The van der Waals surface area contributed by atoms with Gasteiger partial charge in [0.2, 0.25) is 0 Å². The fourth-order valence-corrected chi connectivity index (χ4v) is 5.09. The summed E-state index contributed by atoms with van der Waals surface area (Å²) in [5.41, 5.74) is 2.97. The number of rotatable bonds is 2. The van der Waals surface area contributed by atoms with Crippen LogP contribution in [0.1, 0.15) is 18.4 Å². The largest absolute Gasteiger partial charge is 0.314 e. The lowest BCUT2D eigenvalue weighted by Gasteiger charge is -2.38. The molecule has 1 N–H and O–H groups in total. The fourth-order valence-electron chi connectivity index (χ4n) is 5.09. The molecule has 3 heteroatoms. The summed E-state index contributed by atoms with van der Waals surface area (Å²) in [7, 11) is 2.32. The van der Waals surface area contributed by atoms with E-state index in [4.69, 9.17) is 0 Å². The lowest BCUT2D eigenvalue weighted by Crippen LogP contribution is -2.52. The summed E-state index contributed by atoms with van der Waals surface area (Å²) in [6.45, 7) is 4.69. The van der Waals surface area contributed by atoms with Crippen LogP contribution in [0.2, 0.25) is 0 Å². The zero-order valence-electron chi connectivity index (χ0n) is 15.0. The van der Waals surface area contributed by atoms with Crippen LogP contribution < -0.4 is 5.32 Å². The average Bonchev–Trinajstić information content (AvgIpc) is 2.85. The van der Waals surface area contributed by atoms with Crippen molar-refractivity contribution in [2.24, 2.45) is 0 Å². The van der Waals surface area contributed by atoms with E-state index in [1.54, 1.807) is 5.57 Å². The Morgan fingerprint density at radius 1 is 0.960 bits per heavy atom. The van der Waals surface area contributed by atoms with Crippen LogP contribution in [0.15, 0.2) is 48.5 Å². The summed E-state index contributed by atoms with van der Waals surface area (Å²) in [6.07, 6.45) is 5.01. The second-order valence-corrected chi connectivity index (χ2v) is 7.85. The van der Waals surface area contributed by atoms with Gasteiger partial charge in [-0.15, -0.1) is 0 Å². The number of piperazine rings is 1. The highest BCUT2D eigenvalue weighted by Gasteiger charge is 2.44. The van der Waals surface area contributed by atoms with Gasteiger partial charge in [-0.2, -0.15) is 0 Å². The Balaban J connectivity index is 1.43. The van der Waals surface area contributed by atoms with Gasteiger partial charge in [0.05, 0.1) is 0 Å². The van der Waals surface area contributed by atoms with E-state index in [0.29, 0.717) is 18.1 Å². The first kappa shape index (κ1) is 15.6. The molecular formula is C22H27N3. The molecule has 0 spiro atoms. The van der Waals surface area contributed by atoms with E-state index < -0.39 is 0 Å². The van der Waals surface area contributed by atoms with Gasteiger partial charge in [-0.05, 0) is 47.9 Å². The van der Waals surface area contributed by atoms with E-state index in [1.165, 1.54) is 42.3 Å². The maximum Gasteiger partial charge on any atom is 0.0300 e. The first-order chi connectivity index (χ1) is 12.3. The van der Waals surface area contributed by atoms with Gasteiger partial charge in [0.25, 0.3) is 0 Å². The molecular weight excluding hydrogens is 306 g/mol. The predicted molar refractivity (Wildman–Crippen MR) is 105 cm³/mol. The zero-order chi connectivity index (χ0) is 16.8. The smallest absolute Gasteiger partial charge is 0.0300 e. The third-order valence-corrected chi connectivity index (χ3v) is 6.54. The van der Waals surface area contributed by atoms with E-state index >= 15 is 0 Å². The molecule has 3 aliphatic rings. The molecule has 2 fully saturated rings. The summed E-state index contributed by atoms with van der Waals surface area (Å²) in [5.74, 6) is 0. The Hall–Kier alpha value is -1.68. The molecule has 0 amide bonds. The fraction of sp³-hybridized carbons (Fsp3) is 0.455. The summed E-state index contributed by atoms with van der Waals surface area (Å²) in [5, 5.41) is 6.18. The minimum Gasteiger partial charge on any atom is -0.314 e. The number of hydrogen-bond donors (Lipinski definition) is 1. The molecule has 3 unspecified atom stereocenters. The molecule has 3 aliphatic heterocycles. The van der Waals surface area contributed by atoms with Gasteiger partial charge in [-0.3, -0.25) is 9.80 Å². The second-order valence-electron chi connectivity index (χ2n) is 7.85. The van der Waals surface area contributed by atoms with E-state index in [0.717, 1.165) is 13.1 Å². The lowest BCUT2D eigenvalue weighted by atomic mass is 9.92. The van der Waals surface area contributed by atoms with Crippen molar-refractivity contribution in [3.05, 3.63) is 54.1 Å². The molecule has 3 nitrogen and oxygen atoms in total. The molecule has 2 aromatic rings. The number of nitrogens with one attached hydrogen (secondary N) is 1. The molecule has 3 atom stereocenters. The molecule has 5 rings (SSSR count). The van der Waals surface area contributed by atoms with Crippen LogP contribution in [-0.4, -0.2) is 61.2 Å². The molecule has 0 saturated carbocycles. The summed E-state index contributed by atoms with van der Waals surface area (Å²) >= 11 is 0. The number of likely N-dealkylation sites (N-methyl/N-ethyl adjacent to an activating group) is 1. The van der Waals surface area contributed by atoms with Gasteiger partial charge in [-0.25, -0.2) is 0 Å². The van der Waals surface area contributed by atoms with Gasteiger partial charge in [-0.1, -0.05) is 42.5 Å². The van der Waals surface area contributed by atoms with Crippen LogP contribution in [0.3, 0.4) is 0 Å². The standard InChI is InChI=1S/C22H27N3/c1-24-20-13-19(18-7-6-16-4-2-3-5-17(16)12-18)14-21(24)22(15-20)25-10-8-23-9-11-25/h2-7,12-13,20-23H,8-11,14-15H2,1H3. The molecule has 0 aromatic heterocycles. The summed E-state index contributed by atoms with van der Waals surface area (Å²) in [6, 6.07) is 17.6. The van der Waals surface area contributed by atoms with Crippen molar-refractivity contribution < 1.29 is 0 Å². The highest BCUT2D eigenvalue weighted by atomic mass is 15.3. The highest BCUT2D eigenvalue weighted by Crippen LogP contribution is 2.40. The zero-order valence-corrected chi connectivity index (χ0v) is 15.0. The highest BCUT2D eigenvalue weighted by molar-refractivity contribution is 5.86. The quantitative estimate of drug-likeness (QED) is 0.911. The number of hydrogen-bond acceptors (Lipinski definition) is 3. The number of nitrogens with zero attached hydrogens (tertiary/aromatic N) is 2. The second kappa shape index (κ2) is 6.24. The van der Waals surface area contributed by atoms with E-state index in [2.05, 4.69) is 70.7 Å². The van der Waals surface area contributed by atoms with Gasteiger partial charge in [0.1, 0.15) is 0 Å². The average molecular weight is 333 g/mol. The van der Waals surface area contributed by atoms with Crippen molar-refractivity contribution in [3.63, 3.8) is 0 Å². The molecule has 25 heavy (non-hydrogen) atoms. The minimum atomic E-state index is 0.597. The first-order valence-corrected chi connectivity index (χ1v) is 9.66. The molecule has 0 radical (unpaired) electrons. The normalized spacial score (nSPS) is 30.6. The summed E-state index contributed by atoms with van der Waals surface area (Å²) < 4.78 is 0. The van der Waals surface area contributed by atoms with Crippen LogP contribution in [0.4, 0.5) is 0 Å². The van der Waals surface area contributed by atoms with Crippen LogP contribution in [-0.2, 0) is 0 Å². The molecule has 130 valence electrons. The van der Waals surface area contributed by atoms with Crippen LogP contribution in [0.5, 0.6) is 0 Å². The molecule has 2 bridgehead atoms. The third-order valence-electron chi connectivity index (χ3n) is 6.54. The van der Waals surface area contributed by atoms with E-state index in [9.17, 15) is 0 Å². The van der Waals surface area contributed by atoms with Crippen molar-refractivity contribution in [1.82, 2.24) is 15.1 Å². The van der Waals surface area contributed by atoms with Gasteiger partial charge < -0.3 is 5.32 Å².